The van der Waals surface area contributed by atoms with Crippen molar-refractivity contribution < 1.29 is 9.59 Å². The molecule has 0 bridgehead atoms. The molecule has 2 fully saturated rings. The normalized spacial score (nSPS) is 26.0. The summed E-state index contributed by atoms with van der Waals surface area (Å²) in [5.41, 5.74) is 2.90. The lowest BCUT2D eigenvalue weighted by molar-refractivity contribution is -0.131. The molecule has 3 aliphatic rings. The molecule has 2 atom stereocenters. The van der Waals surface area contributed by atoms with Crippen LogP contribution in [0.3, 0.4) is 0 Å². The maximum absolute atomic E-state index is 12.4. The number of fused-ring (bicyclic) bond motifs is 2. The number of carbonyl (C=O) groups is 2. The third kappa shape index (κ3) is 3.71. The number of nitrogens with zero attached hydrogens (tertiary/aromatic N) is 1. The van der Waals surface area contributed by atoms with Crippen LogP contribution >= 0.6 is 0 Å². The lowest BCUT2D eigenvalue weighted by atomic mass is 10.00. The zero-order chi connectivity index (χ0) is 17.9. The van der Waals surface area contributed by atoms with E-state index in [-0.39, 0.29) is 18.0 Å². The smallest absolute Gasteiger partial charge is 0.315 e. The molecule has 2 heterocycles. The first-order chi connectivity index (χ1) is 12.7. The number of hydrogen-bond acceptors (Lipinski definition) is 2. The van der Waals surface area contributed by atoms with Gasteiger partial charge < -0.3 is 15.5 Å². The van der Waals surface area contributed by atoms with Crippen LogP contribution in [0.2, 0.25) is 0 Å². The summed E-state index contributed by atoms with van der Waals surface area (Å²) in [6, 6.07) is 8.47. The van der Waals surface area contributed by atoms with Crippen molar-refractivity contribution in [3.05, 3.63) is 35.4 Å². The highest BCUT2D eigenvalue weighted by Gasteiger charge is 2.41. The van der Waals surface area contributed by atoms with Gasteiger partial charge in [0.1, 0.15) is 6.04 Å². The van der Waals surface area contributed by atoms with Gasteiger partial charge in [0, 0.05) is 19.1 Å². The van der Waals surface area contributed by atoms with E-state index in [0.717, 1.165) is 51.5 Å². The maximum Gasteiger partial charge on any atom is 0.315 e. The van der Waals surface area contributed by atoms with Gasteiger partial charge in [-0.2, -0.15) is 0 Å². The van der Waals surface area contributed by atoms with Crippen molar-refractivity contribution in [3.63, 3.8) is 0 Å². The van der Waals surface area contributed by atoms with E-state index in [4.69, 9.17) is 0 Å². The van der Waals surface area contributed by atoms with Crippen LogP contribution < -0.4 is 10.6 Å². The third-order valence-electron chi connectivity index (χ3n) is 6.33. The Balaban J connectivity index is 1.24. The molecule has 1 aromatic rings. The molecule has 2 aliphatic heterocycles. The number of amides is 3. The first-order valence-corrected chi connectivity index (χ1v) is 10.1. The molecule has 26 heavy (non-hydrogen) atoms. The Morgan fingerprint density at radius 1 is 1.08 bits per heavy atom. The maximum atomic E-state index is 12.4. The van der Waals surface area contributed by atoms with Gasteiger partial charge in [0.2, 0.25) is 5.91 Å². The molecule has 140 valence electrons. The van der Waals surface area contributed by atoms with Crippen LogP contribution in [0.25, 0.3) is 0 Å². The second kappa shape index (κ2) is 7.68. The summed E-state index contributed by atoms with van der Waals surface area (Å²) in [5.74, 6) is 0.605. The Labute approximate surface area is 155 Å². The van der Waals surface area contributed by atoms with Crippen LogP contribution in [0.1, 0.15) is 49.7 Å². The SMILES string of the molecule is O=C(NCC1CCc2ccccc2CC1)NC1CC2CCCCN2C1=O. The van der Waals surface area contributed by atoms with Gasteiger partial charge in [0.25, 0.3) is 0 Å². The minimum absolute atomic E-state index is 0.106. The fourth-order valence-corrected chi connectivity index (χ4v) is 4.79. The lowest BCUT2D eigenvalue weighted by Crippen LogP contribution is -2.47. The van der Waals surface area contributed by atoms with E-state index >= 15 is 0 Å². The number of aryl methyl sites for hydroxylation is 2. The van der Waals surface area contributed by atoms with Gasteiger partial charge in [-0.1, -0.05) is 24.3 Å². The largest absolute Gasteiger partial charge is 0.338 e. The van der Waals surface area contributed by atoms with Crippen molar-refractivity contribution in [2.24, 2.45) is 5.92 Å². The molecule has 0 radical (unpaired) electrons. The van der Waals surface area contributed by atoms with Crippen molar-refractivity contribution in [2.45, 2.75) is 63.5 Å². The van der Waals surface area contributed by atoms with Crippen LogP contribution in [-0.4, -0.2) is 42.0 Å². The third-order valence-corrected chi connectivity index (χ3v) is 6.33. The van der Waals surface area contributed by atoms with Crippen LogP contribution in [0.15, 0.2) is 24.3 Å². The Morgan fingerprint density at radius 3 is 2.50 bits per heavy atom. The molecule has 5 heteroatoms. The standard InChI is InChI=1S/C21H29N3O2/c25-20-19(13-18-7-3-4-12-24(18)20)23-21(26)22-14-15-8-10-16-5-1-2-6-17(16)11-9-15/h1-2,5-6,15,18-19H,3-4,7-14H2,(H2,22,23,26). The average molecular weight is 355 g/mol. The quantitative estimate of drug-likeness (QED) is 0.819. The van der Waals surface area contributed by atoms with Crippen molar-refractivity contribution in [1.29, 1.82) is 0 Å². The summed E-state index contributed by atoms with van der Waals surface area (Å²) in [7, 11) is 0. The van der Waals surface area contributed by atoms with Crippen molar-refractivity contribution in [3.8, 4) is 0 Å². The summed E-state index contributed by atoms with van der Waals surface area (Å²) in [6.07, 6.45) is 8.51. The number of carbonyl (C=O) groups excluding carboxylic acids is 2. The van der Waals surface area contributed by atoms with Gasteiger partial charge in [-0.05, 0) is 68.4 Å². The molecule has 5 nitrogen and oxygen atoms in total. The summed E-state index contributed by atoms with van der Waals surface area (Å²) < 4.78 is 0. The summed E-state index contributed by atoms with van der Waals surface area (Å²) in [5, 5.41) is 5.93. The van der Waals surface area contributed by atoms with E-state index in [2.05, 4.69) is 34.9 Å². The van der Waals surface area contributed by atoms with E-state index in [1.807, 2.05) is 4.90 Å². The molecule has 2 unspecified atom stereocenters. The predicted octanol–water partition coefficient (Wildman–Crippen LogP) is 2.63. The summed E-state index contributed by atoms with van der Waals surface area (Å²) in [4.78, 5) is 26.7. The van der Waals surface area contributed by atoms with Crippen molar-refractivity contribution >= 4 is 11.9 Å². The molecule has 3 amide bonds. The van der Waals surface area contributed by atoms with Crippen LogP contribution in [-0.2, 0) is 17.6 Å². The monoisotopic (exact) mass is 355 g/mol. The zero-order valence-electron chi connectivity index (χ0n) is 15.4. The van der Waals surface area contributed by atoms with Gasteiger partial charge in [-0.15, -0.1) is 0 Å². The number of urea groups is 1. The molecule has 4 rings (SSSR count). The highest BCUT2D eigenvalue weighted by atomic mass is 16.2. The van der Waals surface area contributed by atoms with Gasteiger partial charge >= 0.3 is 6.03 Å². The second-order valence-electron chi connectivity index (χ2n) is 8.04. The number of benzene rings is 1. The van der Waals surface area contributed by atoms with Gasteiger partial charge in [-0.25, -0.2) is 4.79 Å². The number of hydrogen-bond donors (Lipinski definition) is 2. The highest BCUT2D eigenvalue weighted by Crippen LogP contribution is 2.28. The minimum atomic E-state index is -0.337. The fraction of sp³-hybridized carbons (Fsp3) is 0.619. The number of rotatable bonds is 3. The zero-order valence-corrected chi connectivity index (χ0v) is 15.4. The van der Waals surface area contributed by atoms with Gasteiger partial charge in [0.15, 0.2) is 0 Å². The average Bonchev–Trinajstić information content (AvgIpc) is 2.84. The van der Waals surface area contributed by atoms with E-state index < -0.39 is 0 Å². The van der Waals surface area contributed by atoms with Crippen molar-refractivity contribution in [2.75, 3.05) is 13.1 Å². The van der Waals surface area contributed by atoms with Gasteiger partial charge in [0.05, 0.1) is 0 Å². The molecule has 0 spiro atoms. The van der Waals surface area contributed by atoms with Crippen molar-refractivity contribution in [1.82, 2.24) is 15.5 Å². The van der Waals surface area contributed by atoms with E-state index in [1.165, 1.54) is 17.5 Å². The lowest BCUT2D eigenvalue weighted by Gasteiger charge is -2.28. The fourth-order valence-electron chi connectivity index (χ4n) is 4.79. The van der Waals surface area contributed by atoms with E-state index in [1.54, 1.807) is 0 Å². The molecular weight excluding hydrogens is 326 g/mol. The molecule has 2 saturated heterocycles. The molecule has 2 N–H and O–H groups in total. The van der Waals surface area contributed by atoms with E-state index in [0.29, 0.717) is 18.5 Å². The minimum Gasteiger partial charge on any atom is -0.338 e. The Morgan fingerprint density at radius 2 is 1.81 bits per heavy atom. The van der Waals surface area contributed by atoms with Gasteiger partial charge in [-0.3, -0.25) is 4.79 Å². The second-order valence-corrected chi connectivity index (χ2v) is 8.04. The Kier molecular flexibility index (Phi) is 5.14. The topological polar surface area (TPSA) is 61.4 Å². The van der Waals surface area contributed by atoms with Crippen LogP contribution in [0, 0.1) is 5.92 Å². The van der Waals surface area contributed by atoms with E-state index in [9.17, 15) is 9.59 Å². The molecule has 0 aromatic heterocycles. The molecule has 0 saturated carbocycles. The summed E-state index contributed by atoms with van der Waals surface area (Å²) >= 11 is 0. The first-order valence-electron chi connectivity index (χ1n) is 10.1. The number of piperidine rings is 1. The Bertz CT molecular complexity index is 648. The number of nitrogens with one attached hydrogen (secondary N) is 2. The van der Waals surface area contributed by atoms with Crippen LogP contribution in [0.5, 0.6) is 0 Å². The Hall–Kier alpha value is -2.04. The highest BCUT2D eigenvalue weighted by molar-refractivity contribution is 5.89. The molecule has 1 aliphatic carbocycles. The molecular formula is C21H29N3O2. The summed E-state index contributed by atoms with van der Waals surface area (Å²) in [6.45, 7) is 1.54. The van der Waals surface area contributed by atoms with Crippen LogP contribution in [0.4, 0.5) is 4.79 Å². The predicted molar refractivity (Wildman–Crippen MR) is 101 cm³/mol. The first kappa shape index (κ1) is 17.4. The molecule has 1 aromatic carbocycles.